The number of carbonyl (C=O) groups excluding carboxylic acids is 1. The number of hydrogen-bond acceptors (Lipinski definition) is 4. The van der Waals surface area contributed by atoms with Crippen LogP contribution in [0, 0.1) is 5.92 Å². The predicted octanol–water partition coefficient (Wildman–Crippen LogP) is 1.77. The summed E-state index contributed by atoms with van der Waals surface area (Å²) in [5, 5.41) is 2.89. The third-order valence-electron chi connectivity index (χ3n) is 5.60. The molecule has 3 fully saturated rings. The number of nitrogens with zero attached hydrogens (tertiary/aromatic N) is 1. The maximum Gasteiger partial charge on any atom is 0.251 e. The molecule has 1 amide bonds. The van der Waals surface area contributed by atoms with Crippen molar-refractivity contribution in [3.8, 4) is 0 Å². The van der Waals surface area contributed by atoms with Gasteiger partial charge in [0.25, 0.3) is 5.91 Å². The van der Waals surface area contributed by atoms with Crippen LogP contribution >= 0.6 is 0 Å². The largest absolute Gasteiger partial charge is 0.375 e. The van der Waals surface area contributed by atoms with Crippen LogP contribution in [0.5, 0.6) is 0 Å². The first-order valence-electron chi connectivity index (χ1n) is 9.01. The minimum absolute atomic E-state index is 0.0739. The summed E-state index contributed by atoms with van der Waals surface area (Å²) in [5.41, 5.74) is 0.426. The summed E-state index contributed by atoms with van der Waals surface area (Å²) in [6.45, 7) is 2.48. The Balaban J connectivity index is 1.40. The van der Waals surface area contributed by atoms with Crippen LogP contribution in [-0.4, -0.2) is 50.5 Å². The molecule has 1 N–H and O–H groups in total. The van der Waals surface area contributed by atoms with Crippen molar-refractivity contribution in [2.45, 2.75) is 42.6 Å². The normalized spacial score (nSPS) is 23.2. The van der Waals surface area contributed by atoms with Gasteiger partial charge in [0.05, 0.1) is 17.1 Å². The third kappa shape index (κ3) is 3.45. The van der Waals surface area contributed by atoms with Gasteiger partial charge < -0.3 is 10.1 Å². The monoisotopic (exact) mass is 364 g/mol. The SMILES string of the molecule is O=C(NCC1CC1)c1ccc(S(=O)(=O)N2CCC3(CCO3)CC2)cc1. The molecule has 2 saturated heterocycles. The van der Waals surface area contributed by atoms with Gasteiger partial charge in [-0.3, -0.25) is 4.79 Å². The molecular formula is C18H24N2O4S. The van der Waals surface area contributed by atoms with Gasteiger partial charge in [-0.05, 0) is 62.3 Å². The highest BCUT2D eigenvalue weighted by Gasteiger charge is 2.43. The van der Waals surface area contributed by atoms with Gasteiger partial charge in [-0.15, -0.1) is 0 Å². The smallest absolute Gasteiger partial charge is 0.251 e. The Kier molecular flexibility index (Phi) is 4.33. The number of hydrogen-bond donors (Lipinski definition) is 1. The second kappa shape index (κ2) is 6.37. The van der Waals surface area contributed by atoms with E-state index in [0.717, 1.165) is 25.9 Å². The summed E-state index contributed by atoms with van der Waals surface area (Å²) >= 11 is 0. The quantitative estimate of drug-likeness (QED) is 0.864. The van der Waals surface area contributed by atoms with Crippen molar-refractivity contribution < 1.29 is 17.9 Å². The summed E-state index contributed by atoms with van der Waals surface area (Å²) in [6, 6.07) is 6.25. The van der Waals surface area contributed by atoms with Gasteiger partial charge in [0.1, 0.15) is 0 Å². The fourth-order valence-electron chi connectivity index (χ4n) is 3.51. The first-order chi connectivity index (χ1) is 12.0. The molecule has 7 heteroatoms. The summed E-state index contributed by atoms with van der Waals surface area (Å²) < 4.78 is 32.8. The van der Waals surface area contributed by atoms with Gasteiger partial charge in [-0.25, -0.2) is 8.42 Å². The van der Waals surface area contributed by atoms with E-state index in [4.69, 9.17) is 4.74 Å². The fourth-order valence-corrected chi connectivity index (χ4v) is 4.95. The number of amides is 1. The van der Waals surface area contributed by atoms with Crippen LogP contribution in [0.15, 0.2) is 29.2 Å². The van der Waals surface area contributed by atoms with Crippen LogP contribution in [0.1, 0.15) is 42.5 Å². The molecule has 25 heavy (non-hydrogen) atoms. The molecule has 2 aliphatic heterocycles. The minimum atomic E-state index is -3.51. The van der Waals surface area contributed by atoms with E-state index >= 15 is 0 Å². The fraction of sp³-hybridized carbons (Fsp3) is 0.611. The zero-order valence-electron chi connectivity index (χ0n) is 14.2. The van der Waals surface area contributed by atoms with Gasteiger partial charge in [-0.2, -0.15) is 4.31 Å². The second-order valence-electron chi connectivity index (χ2n) is 7.36. The lowest BCUT2D eigenvalue weighted by molar-refractivity contribution is -0.167. The van der Waals surface area contributed by atoms with Gasteiger partial charge in [0, 0.05) is 25.2 Å². The van der Waals surface area contributed by atoms with E-state index in [1.807, 2.05) is 0 Å². The van der Waals surface area contributed by atoms with Crippen molar-refractivity contribution >= 4 is 15.9 Å². The van der Waals surface area contributed by atoms with Gasteiger partial charge >= 0.3 is 0 Å². The van der Waals surface area contributed by atoms with Crippen LogP contribution < -0.4 is 5.32 Å². The zero-order chi connectivity index (χ0) is 17.5. The Hall–Kier alpha value is -1.44. The first kappa shape index (κ1) is 17.0. The van der Waals surface area contributed by atoms with E-state index < -0.39 is 10.0 Å². The van der Waals surface area contributed by atoms with Gasteiger partial charge in [0.2, 0.25) is 10.0 Å². The first-order valence-corrected chi connectivity index (χ1v) is 10.4. The van der Waals surface area contributed by atoms with Crippen molar-refractivity contribution in [2.75, 3.05) is 26.2 Å². The molecule has 0 radical (unpaired) electrons. The molecule has 1 aliphatic carbocycles. The van der Waals surface area contributed by atoms with Crippen molar-refractivity contribution in [3.05, 3.63) is 29.8 Å². The van der Waals surface area contributed by atoms with Crippen LogP contribution in [0.25, 0.3) is 0 Å². The van der Waals surface area contributed by atoms with E-state index in [1.54, 1.807) is 12.1 Å². The summed E-state index contributed by atoms with van der Waals surface area (Å²) in [5.74, 6) is 0.475. The topological polar surface area (TPSA) is 75.7 Å². The number of rotatable bonds is 5. The average molecular weight is 364 g/mol. The highest BCUT2D eigenvalue weighted by Crippen LogP contribution is 2.38. The Bertz CT molecular complexity index is 742. The number of nitrogens with one attached hydrogen (secondary N) is 1. The van der Waals surface area contributed by atoms with E-state index in [-0.39, 0.29) is 16.4 Å². The molecule has 3 aliphatic rings. The van der Waals surface area contributed by atoms with E-state index in [0.29, 0.717) is 31.1 Å². The van der Waals surface area contributed by atoms with Crippen LogP contribution in [-0.2, 0) is 14.8 Å². The molecule has 0 bridgehead atoms. The van der Waals surface area contributed by atoms with Crippen molar-refractivity contribution in [1.82, 2.24) is 9.62 Å². The molecule has 1 aromatic rings. The van der Waals surface area contributed by atoms with Crippen LogP contribution in [0.3, 0.4) is 0 Å². The number of piperidine rings is 1. The van der Waals surface area contributed by atoms with Gasteiger partial charge in [0.15, 0.2) is 0 Å². The van der Waals surface area contributed by atoms with Gasteiger partial charge in [-0.1, -0.05) is 0 Å². The Labute approximate surface area is 148 Å². The maximum atomic E-state index is 12.8. The molecule has 136 valence electrons. The Morgan fingerprint density at radius 3 is 2.32 bits per heavy atom. The van der Waals surface area contributed by atoms with Crippen molar-refractivity contribution in [2.24, 2.45) is 5.92 Å². The number of benzene rings is 1. The molecule has 1 spiro atoms. The molecule has 0 aromatic heterocycles. The summed E-state index contributed by atoms with van der Waals surface area (Å²) in [6.07, 6.45) is 4.91. The van der Waals surface area contributed by atoms with Crippen molar-refractivity contribution in [3.63, 3.8) is 0 Å². The molecular weight excluding hydrogens is 340 g/mol. The van der Waals surface area contributed by atoms with E-state index in [1.165, 1.54) is 29.3 Å². The maximum absolute atomic E-state index is 12.8. The Morgan fingerprint density at radius 2 is 1.80 bits per heavy atom. The lowest BCUT2D eigenvalue weighted by Gasteiger charge is -2.47. The van der Waals surface area contributed by atoms with E-state index in [2.05, 4.69) is 5.32 Å². The zero-order valence-corrected chi connectivity index (χ0v) is 15.1. The molecule has 2 heterocycles. The molecule has 1 saturated carbocycles. The predicted molar refractivity (Wildman–Crippen MR) is 92.8 cm³/mol. The number of carbonyl (C=O) groups is 1. The molecule has 6 nitrogen and oxygen atoms in total. The lowest BCUT2D eigenvalue weighted by Crippen LogP contribution is -2.53. The second-order valence-corrected chi connectivity index (χ2v) is 9.30. The number of ether oxygens (including phenoxy) is 1. The third-order valence-corrected chi connectivity index (χ3v) is 7.51. The summed E-state index contributed by atoms with van der Waals surface area (Å²) in [7, 11) is -3.51. The average Bonchev–Trinajstić information content (AvgIpc) is 3.43. The number of sulfonamides is 1. The highest BCUT2D eigenvalue weighted by atomic mass is 32.2. The van der Waals surface area contributed by atoms with Crippen molar-refractivity contribution in [1.29, 1.82) is 0 Å². The molecule has 4 rings (SSSR count). The summed E-state index contributed by atoms with van der Waals surface area (Å²) in [4.78, 5) is 12.3. The van der Waals surface area contributed by atoms with Crippen LogP contribution in [0.2, 0.25) is 0 Å². The highest BCUT2D eigenvalue weighted by molar-refractivity contribution is 7.89. The molecule has 0 unspecified atom stereocenters. The Morgan fingerprint density at radius 1 is 1.16 bits per heavy atom. The minimum Gasteiger partial charge on any atom is -0.375 e. The molecule has 0 atom stereocenters. The van der Waals surface area contributed by atoms with E-state index in [9.17, 15) is 13.2 Å². The molecule has 1 aromatic carbocycles. The lowest BCUT2D eigenvalue weighted by atomic mass is 9.85. The standard InChI is InChI=1S/C18H24N2O4S/c21-17(19-13-14-1-2-14)15-3-5-16(6-4-15)25(22,23)20-10-7-18(8-11-20)9-12-24-18/h3-6,14H,1-2,7-13H2,(H,19,21). The van der Waals surface area contributed by atoms with Crippen LogP contribution in [0.4, 0.5) is 0 Å².